The first-order chi connectivity index (χ1) is 6.68. The Kier molecular flexibility index (Phi) is 2.87. The van der Waals surface area contributed by atoms with Crippen molar-refractivity contribution >= 4 is 27.5 Å². The van der Waals surface area contributed by atoms with E-state index >= 15 is 0 Å². The van der Waals surface area contributed by atoms with Gasteiger partial charge in [0.15, 0.2) is 0 Å². The summed E-state index contributed by atoms with van der Waals surface area (Å²) in [5.41, 5.74) is 7.39. The summed E-state index contributed by atoms with van der Waals surface area (Å²) in [5, 5.41) is 0.764. The molecule has 0 radical (unpaired) electrons. The Bertz CT molecular complexity index is 342. The lowest BCUT2D eigenvalue weighted by atomic mass is 9.64. The van der Waals surface area contributed by atoms with E-state index in [1.807, 2.05) is 6.07 Å². The lowest BCUT2D eigenvalue weighted by Gasteiger charge is -2.41. The van der Waals surface area contributed by atoms with Gasteiger partial charge in [0, 0.05) is 16.4 Å². The van der Waals surface area contributed by atoms with Crippen LogP contribution in [-0.4, -0.2) is 6.54 Å². The maximum absolute atomic E-state index is 5.96. The van der Waals surface area contributed by atoms with Crippen LogP contribution < -0.4 is 5.73 Å². The van der Waals surface area contributed by atoms with Gasteiger partial charge in [-0.15, -0.1) is 0 Å². The molecule has 2 N–H and O–H groups in total. The first-order valence-corrected chi connectivity index (χ1v) is 6.01. The Morgan fingerprint density at radius 3 is 2.57 bits per heavy atom. The second-order valence-corrected chi connectivity index (χ2v) is 5.23. The molecule has 1 aliphatic carbocycles. The molecule has 14 heavy (non-hydrogen) atoms. The van der Waals surface area contributed by atoms with Gasteiger partial charge in [0.2, 0.25) is 0 Å². The van der Waals surface area contributed by atoms with Crippen LogP contribution in [0.25, 0.3) is 0 Å². The van der Waals surface area contributed by atoms with E-state index in [2.05, 4.69) is 28.1 Å². The van der Waals surface area contributed by atoms with Crippen LogP contribution in [0.2, 0.25) is 5.02 Å². The summed E-state index contributed by atoms with van der Waals surface area (Å²) in [6.45, 7) is 0.737. The van der Waals surface area contributed by atoms with Gasteiger partial charge in [-0.05, 0) is 46.5 Å². The van der Waals surface area contributed by atoms with Crippen molar-refractivity contribution in [1.29, 1.82) is 0 Å². The SMILES string of the molecule is NCC1(c2ccc(Cl)c(Br)c2)CCC1. The predicted octanol–water partition coefficient (Wildman–Crippen LogP) is 3.48. The molecule has 0 aliphatic heterocycles. The summed E-state index contributed by atoms with van der Waals surface area (Å²) in [7, 11) is 0. The smallest absolute Gasteiger partial charge is 0.0548 e. The molecule has 1 saturated carbocycles. The van der Waals surface area contributed by atoms with Gasteiger partial charge >= 0.3 is 0 Å². The Labute approximate surface area is 97.8 Å². The summed E-state index contributed by atoms with van der Waals surface area (Å²) in [5.74, 6) is 0. The number of nitrogens with two attached hydrogens (primary N) is 1. The van der Waals surface area contributed by atoms with Crippen molar-refractivity contribution in [2.45, 2.75) is 24.7 Å². The van der Waals surface area contributed by atoms with E-state index in [-0.39, 0.29) is 5.41 Å². The maximum Gasteiger partial charge on any atom is 0.0548 e. The van der Waals surface area contributed by atoms with E-state index in [9.17, 15) is 0 Å². The fourth-order valence-electron chi connectivity index (χ4n) is 2.04. The number of hydrogen-bond donors (Lipinski definition) is 1. The molecular formula is C11H13BrClN. The molecule has 1 aromatic carbocycles. The van der Waals surface area contributed by atoms with E-state index in [1.54, 1.807) is 0 Å². The zero-order valence-corrected chi connectivity index (χ0v) is 10.2. The van der Waals surface area contributed by atoms with Crippen LogP contribution in [-0.2, 0) is 5.41 Å². The summed E-state index contributed by atoms with van der Waals surface area (Å²) in [4.78, 5) is 0. The van der Waals surface area contributed by atoms with Crippen molar-refractivity contribution in [2.24, 2.45) is 5.73 Å². The highest BCUT2D eigenvalue weighted by Crippen LogP contribution is 2.44. The summed E-state index contributed by atoms with van der Waals surface area (Å²) in [6.07, 6.45) is 3.70. The van der Waals surface area contributed by atoms with E-state index in [0.29, 0.717) is 0 Å². The molecule has 0 saturated heterocycles. The second kappa shape index (κ2) is 3.84. The molecule has 1 aromatic rings. The van der Waals surface area contributed by atoms with Gasteiger partial charge in [0.1, 0.15) is 0 Å². The molecule has 0 amide bonds. The van der Waals surface area contributed by atoms with Crippen molar-refractivity contribution < 1.29 is 0 Å². The molecular weight excluding hydrogens is 261 g/mol. The molecule has 1 nitrogen and oxygen atoms in total. The molecule has 0 aromatic heterocycles. The van der Waals surface area contributed by atoms with Crippen LogP contribution in [0, 0.1) is 0 Å². The fraction of sp³-hybridized carbons (Fsp3) is 0.455. The minimum atomic E-state index is 0.229. The molecule has 76 valence electrons. The van der Waals surface area contributed by atoms with Crippen LogP contribution in [0.5, 0.6) is 0 Å². The number of benzene rings is 1. The quantitative estimate of drug-likeness (QED) is 0.878. The monoisotopic (exact) mass is 273 g/mol. The average Bonchev–Trinajstić information content (AvgIpc) is 2.10. The van der Waals surface area contributed by atoms with E-state index in [1.165, 1.54) is 24.8 Å². The van der Waals surface area contributed by atoms with Gasteiger partial charge in [-0.2, -0.15) is 0 Å². The Balaban J connectivity index is 2.36. The van der Waals surface area contributed by atoms with Crippen LogP contribution >= 0.6 is 27.5 Å². The number of halogens is 2. The highest BCUT2D eigenvalue weighted by Gasteiger charge is 2.37. The minimum Gasteiger partial charge on any atom is -0.330 e. The fourth-order valence-corrected chi connectivity index (χ4v) is 2.54. The average molecular weight is 275 g/mol. The lowest BCUT2D eigenvalue weighted by Crippen LogP contribution is -2.41. The Hall–Kier alpha value is -0.0500. The second-order valence-electron chi connectivity index (χ2n) is 3.97. The first kappa shape index (κ1) is 10.5. The van der Waals surface area contributed by atoms with Crippen LogP contribution in [0.1, 0.15) is 24.8 Å². The van der Waals surface area contributed by atoms with Crippen molar-refractivity contribution in [3.05, 3.63) is 33.3 Å². The third kappa shape index (κ3) is 1.60. The molecule has 2 rings (SSSR count). The van der Waals surface area contributed by atoms with Gasteiger partial charge in [0.05, 0.1) is 5.02 Å². The lowest BCUT2D eigenvalue weighted by molar-refractivity contribution is 0.253. The maximum atomic E-state index is 5.96. The molecule has 0 spiro atoms. The summed E-state index contributed by atoms with van der Waals surface area (Å²) < 4.78 is 0.969. The van der Waals surface area contributed by atoms with E-state index in [4.69, 9.17) is 17.3 Å². The van der Waals surface area contributed by atoms with Gasteiger partial charge in [0.25, 0.3) is 0 Å². The highest BCUT2D eigenvalue weighted by atomic mass is 79.9. The van der Waals surface area contributed by atoms with Crippen molar-refractivity contribution in [1.82, 2.24) is 0 Å². The van der Waals surface area contributed by atoms with Crippen molar-refractivity contribution in [2.75, 3.05) is 6.54 Å². The number of rotatable bonds is 2. The first-order valence-electron chi connectivity index (χ1n) is 4.83. The van der Waals surface area contributed by atoms with Crippen LogP contribution in [0.3, 0.4) is 0 Å². The zero-order valence-electron chi connectivity index (χ0n) is 7.89. The topological polar surface area (TPSA) is 26.0 Å². The normalized spacial score (nSPS) is 19.1. The highest BCUT2D eigenvalue weighted by molar-refractivity contribution is 9.10. The third-order valence-electron chi connectivity index (χ3n) is 3.23. The molecule has 0 atom stereocenters. The molecule has 1 aliphatic rings. The van der Waals surface area contributed by atoms with Crippen LogP contribution in [0.15, 0.2) is 22.7 Å². The van der Waals surface area contributed by atoms with Gasteiger partial charge < -0.3 is 5.73 Å². The van der Waals surface area contributed by atoms with Gasteiger partial charge in [-0.25, -0.2) is 0 Å². The minimum absolute atomic E-state index is 0.229. The van der Waals surface area contributed by atoms with Crippen molar-refractivity contribution in [3.8, 4) is 0 Å². The Morgan fingerprint density at radius 2 is 2.14 bits per heavy atom. The standard InChI is InChI=1S/C11H13BrClN/c12-9-6-8(2-3-10(9)13)11(7-14)4-1-5-11/h2-3,6H,1,4-5,7,14H2. The van der Waals surface area contributed by atoms with Crippen LogP contribution in [0.4, 0.5) is 0 Å². The molecule has 3 heteroatoms. The van der Waals surface area contributed by atoms with Gasteiger partial charge in [-0.1, -0.05) is 24.1 Å². The van der Waals surface area contributed by atoms with Gasteiger partial charge in [-0.3, -0.25) is 0 Å². The third-order valence-corrected chi connectivity index (χ3v) is 4.45. The molecule has 0 heterocycles. The number of hydrogen-bond acceptors (Lipinski definition) is 1. The Morgan fingerprint density at radius 1 is 1.43 bits per heavy atom. The molecule has 0 bridgehead atoms. The summed E-state index contributed by atoms with van der Waals surface area (Å²) >= 11 is 9.41. The molecule has 0 unspecified atom stereocenters. The molecule has 1 fully saturated rings. The van der Waals surface area contributed by atoms with E-state index in [0.717, 1.165) is 16.0 Å². The zero-order chi connectivity index (χ0) is 10.2. The summed E-state index contributed by atoms with van der Waals surface area (Å²) in [6, 6.07) is 6.14. The largest absolute Gasteiger partial charge is 0.330 e. The van der Waals surface area contributed by atoms with Crippen molar-refractivity contribution in [3.63, 3.8) is 0 Å². The predicted molar refractivity (Wildman–Crippen MR) is 63.7 cm³/mol. The van der Waals surface area contributed by atoms with E-state index < -0.39 is 0 Å².